The van der Waals surface area contributed by atoms with Crippen LogP contribution < -0.4 is 5.14 Å². The van der Waals surface area contributed by atoms with Gasteiger partial charge in [0.2, 0.25) is 10.0 Å². The summed E-state index contributed by atoms with van der Waals surface area (Å²) in [7, 11) is 1.54. The van der Waals surface area contributed by atoms with Crippen molar-refractivity contribution in [1.82, 2.24) is 4.90 Å². The molecule has 0 aromatic heterocycles. The van der Waals surface area contributed by atoms with Gasteiger partial charge in [-0.2, -0.15) is 0 Å². The molecule has 0 heterocycles. The number of carbonyl (C=O) groups excluding carboxylic acids is 1. The highest BCUT2D eigenvalue weighted by Crippen LogP contribution is 2.55. The predicted molar refractivity (Wildman–Crippen MR) is 78.2 cm³/mol. The van der Waals surface area contributed by atoms with Gasteiger partial charge in [-0.05, 0) is 44.1 Å². The fraction of sp³-hybridized carbons (Fsp3) is 0.500. The first kappa shape index (κ1) is 15.9. The zero-order chi connectivity index (χ0) is 15.8. The molecule has 2 unspecified atom stereocenters. The van der Waals surface area contributed by atoms with E-state index in [0.717, 1.165) is 12.1 Å². The second kappa shape index (κ2) is 5.40. The molecule has 1 saturated carbocycles. The summed E-state index contributed by atoms with van der Waals surface area (Å²) in [6, 6.07) is 6.15. The van der Waals surface area contributed by atoms with Crippen molar-refractivity contribution in [3.63, 3.8) is 0 Å². The number of ether oxygens (including phenoxy) is 1. The molecular formula is C14H20N2O4S. The molecule has 1 fully saturated rings. The molecule has 1 aliphatic rings. The molecule has 2 rings (SSSR count). The standard InChI is InChI=1S/C14H20N2O4S/c1-16(2)9-11-8-14(11,13(17)20-3)10-4-6-12(7-5-10)21(15,18)19/h4-7,11H,8-9H2,1-3H3,(H2,15,18,19). The second-order valence-corrected chi connectivity index (χ2v) is 7.26. The molecular weight excluding hydrogens is 292 g/mol. The smallest absolute Gasteiger partial charge is 0.316 e. The quantitative estimate of drug-likeness (QED) is 0.791. The lowest BCUT2D eigenvalue weighted by Crippen LogP contribution is -2.28. The maximum absolute atomic E-state index is 12.2. The monoisotopic (exact) mass is 312 g/mol. The molecule has 1 aromatic rings. The van der Waals surface area contributed by atoms with Gasteiger partial charge in [0, 0.05) is 6.54 Å². The SMILES string of the molecule is COC(=O)C1(c2ccc(S(N)(=O)=O)cc2)CC1CN(C)C. The topological polar surface area (TPSA) is 89.7 Å². The van der Waals surface area contributed by atoms with Gasteiger partial charge in [-0.25, -0.2) is 13.6 Å². The highest BCUT2D eigenvalue weighted by molar-refractivity contribution is 7.89. The number of hydrogen-bond donors (Lipinski definition) is 1. The van der Waals surface area contributed by atoms with Crippen LogP contribution in [0.2, 0.25) is 0 Å². The van der Waals surface area contributed by atoms with E-state index in [-0.39, 0.29) is 16.8 Å². The molecule has 0 radical (unpaired) electrons. The van der Waals surface area contributed by atoms with Crippen molar-refractivity contribution in [2.45, 2.75) is 16.7 Å². The van der Waals surface area contributed by atoms with Crippen LogP contribution in [-0.4, -0.2) is 47.0 Å². The molecule has 2 N–H and O–H groups in total. The van der Waals surface area contributed by atoms with E-state index in [2.05, 4.69) is 0 Å². The summed E-state index contributed by atoms with van der Waals surface area (Å²) in [6.45, 7) is 0.770. The van der Waals surface area contributed by atoms with E-state index in [0.29, 0.717) is 6.42 Å². The molecule has 1 aromatic carbocycles. The Hall–Kier alpha value is -1.44. The summed E-state index contributed by atoms with van der Waals surface area (Å²) in [5.41, 5.74) is 0.101. The normalized spacial score (nSPS) is 24.9. The lowest BCUT2D eigenvalue weighted by molar-refractivity contribution is -0.144. The third kappa shape index (κ3) is 2.95. The molecule has 0 spiro atoms. The number of carbonyl (C=O) groups is 1. The van der Waals surface area contributed by atoms with Gasteiger partial charge in [0.25, 0.3) is 0 Å². The van der Waals surface area contributed by atoms with Crippen LogP contribution in [0.5, 0.6) is 0 Å². The Bertz CT molecular complexity index is 639. The van der Waals surface area contributed by atoms with Crippen LogP contribution >= 0.6 is 0 Å². The number of methoxy groups -OCH3 is 1. The minimum atomic E-state index is -3.73. The van der Waals surface area contributed by atoms with E-state index in [1.807, 2.05) is 19.0 Å². The highest BCUT2D eigenvalue weighted by atomic mass is 32.2. The number of nitrogens with zero attached hydrogens (tertiary/aromatic N) is 1. The first-order valence-electron chi connectivity index (χ1n) is 6.58. The number of hydrogen-bond acceptors (Lipinski definition) is 5. The number of benzene rings is 1. The lowest BCUT2D eigenvalue weighted by atomic mass is 9.93. The van der Waals surface area contributed by atoms with E-state index < -0.39 is 15.4 Å². The molecule has 0 aliphatic heterocycles. The summed E-state index contributed by atoms with van der Waals surface area (Å²) in [5, 5.41) is 5.08. The van der Waals surface area contributed by atoms with Crippen LogP contribution in [0.1, 0.15) is 12.0 Å². The van der Waals surface area contributed by atoms with Crippen molar-refractivity contribution in [2.75, 3.05) is 27.7 Å². The molecule has 7 heteroatoms. The molecule has 0 saturated heterocycles. The average molecular weight is 312 g/mol. The number of esters is 1. The van der Waals surface area contributed by atoms with E-state index in [1.165, 1.54) is 19.2 Å². The number of primary sulfonamides is 1. The molecule has 0 amide bonds. The van der Waals surface area contributed by atoms with Gasteiger partial charge in [0.15, 0.2) is 0 Å². The maximum atomic E-state index is 12.2. The molecule has 2 atom stereocenters. The molecule has 1 aliphatic carbocycles. The van der Waals surface area contributed by atoms with Crippen LogP contribution in [0.15, 0.2) is 29.2 Å². The van der Waals surface area contributed by atoms with Gasteiger partial charge in [0.1, 0.15) is 0 Å². The van der Waals surface area contributed by atoms with Crippen molar-refractivity contribution in [2.24, 2.45) is 11.1 Å². The minimum Gasteiger partial charge on any atom is -0.468 e. The second-order valence-electron chi connectivity index (χ2n) is 5.70. The van der Waals surface area contributed by atoms with Crippen LogP contribution in [0.25, 0.3) is 0 Å². The maximum Gasteiger partial charge on any atom is 0.316 e. The summed E-state index contributed by atoms with van der Waals surface area (Å²) in [4.78, 5) is 14.2. The molecule has 6 nitrogen and oxygen atoms in total. The molecule has 116 valence electrons. The zero-order valence-corrected chi connectivity index (χ0v) is 13.2. The van der Waals surface area contributed by atoms with Crippen LogP contribution in [0.3, 0.4) is 0 Å². The number of sulfonamides is 1. The lowest BCUT2D eigenvalue weighted by Gasteiger charge is -2.18. The predicted octanol–water partition coefficient (Wildman–Crippen LogP) is 0.326. The Labute approximate surface area is 124 Å². The summed E-state index contributed by atoms with van der Waals surface area (Å²) in [6.07, 6.45) is 0.701. The van der Waals surface area contributed by atoms with E-state index >= 15 is 0 Å². The molecule has 0 bridgehead atoms. The highest BCUT2D eigenvalue weighted by Gasteiger charge is 2.61. The summed E-state index contributed by atoms with van der Waals surface area (Å²) in [5.74, 6) is -0.113. The number of rotatable bonds is 5. The van der Waals surface area contributed by atoms with Crippen LogP contribution in [0.4, 0.5) is 0 Å². The average Bonchev–Trinajstić information content (AvgIpc) is 3.11. The Morgan fingerprint density at radius 2 is 1.95 bits per heavy atom. The van der Waals surface area contributed by atoms with Gasteiger partial charge in [-0.1, -0.05) is 12.1 Å². The largest absolute Gasteiger partial charge is 0.468 e. The molecule has 21 heavy (non-hydrogen) atoms. The zero-order valence-electron chi connectivity index (χ0n) is 12.4. The van der Waals surface area contributed by atoms with Gasteiger partial charge in [-0.15, -0.1) is 0 Å². The summed E-state index contributed by atoms with van der Waals surface area (Å²) >= 11 is 0. The van der Waals surface area contributed by atoms with Crippen molar-refractivity contribution in [3.8, 4) is 0 Å². The first-order chi connectivity index (χ1) is 9.71. The van der Waals surface area contributed by atoms with Crippen molar-refractivity contribution in [3.05, 3.63) is 29.8 Å². The van der Waals surface area contributed by atoms with Crippen molar-refractivity contribution >= 4 is 16.0 Å². The van der Waals surface area contributed by atoms with Gasteiger partial charge in [0.05, 0.1) is 17.4 Å². The van der Waals surface area contributed by atoms with E-state index in [4.69, 9.17) is 9.88 Å². The number of nitrogens with two attached hydrogens (primary N) is 1. The Kier molecular flexibility index (Phi) is 4.10. The van der Waals surface area contributed by atoms with Crippen molar-refractivity contribution in [1.29, 1.82) is 0 Å². The van der Waals surface area contributed by atoms with Gasteiger partial charge in [-0.3, -0.25) is 4.79 Å². The van der Waals surface area contributed by atoms with Crippen LogP contribution in [0, 0.1) is 5.92 Å². The fourth-order valence-corrected chi connectivity index (χ4v) is 3.35. The van der Waals surface area contributed by atoms with Gasteiger partial charge < -0.3 is 9.64 Å². The first-order valence-corrected chi connectivity index (χ1v) is 8.13. The third-order valence-corrected chi connectivity index (χ3v) is 4.87. The minimum absolute atomic E-state index is 0.0380. The Balaban J connectivity index is 2.34. The van der Waals surface area contributed by atoms with E-state index in [1.54, 1.807) is 12.1 Å². The summed E-state index contributed by atoms with van der Waals surface area (Å²) < 4.78 is 27.5. The Morgan fingerprint density at radius 1 is 1.38 bits per heavy atom. The fourth-order valence-electron chi connectivity index (χ4n) is 2.84. The van der Waals surface area contributed by atoms with Gasteiger partial charge >= 0.3 is 5.97 Å². The van der Waals surface area contributed by atoms with Crippen molar-refractivity contribution < 1.29 is 17.9 Å². The third-order valence-electron chi connectivity index (χ3n) is 3.94. The Morgan fingerprint density at radius 3 is 2.38 bits per heavy atom. The van der Waals surface area contributed by atoms with Crippen LogP contribution in [-0.2, 0) is 25.0 Å². The van der Waals surface area contributed by atoms with E-state index in [9.17, 15) is 13.2 Å².